The van der Waals surface area contributed by atoms with Crippen LogP contribution in [0.3, 0.4) is 0 Å². The van der Waals surface area contributed by atoms with Crippen molar-refractivity contribution in [2.75, 3.05) is 25.2 Å². The van der Waals surface area contributed by atoms with E-state index in [-0.39, 0.29) is 28.8 Å². The van der Waals surface area contributed by atoms with Crippen molar-refractivity contribution in [3.63, 3.8) is 0 Å². The number of hydrogen-bond donors (Lipinski definition) is 1. The molecule has 10 nitrogen and oxygen atoms in total. The van der Waals surface area contributed by atoms with Crippen molar-refractivity contribution in [3.8, 4) is 5.75 Å². The van der Waals surface area contributed by atoms with Crippen molar-refractivity contribution >= 4 is 39.9 Å². The lowest BCUT2D eigenvalue weighted by Gasteiger charge is -2.37. The average Bonchev–Trinajstić information content (AvgIpc) is 3.49. The Morgan fingerprint density at radius 3 is 2.47 bits per heavy atom. The summed E-state index contributed by atoms with van der Waals surface area (Å²) in [5.74, 6) is -0.250. The molecule has 1 aromatic carbocycles. The number of aromatic nitrogens is 2. The molecule has 1 saturated heterocycles. The number of carbonyl (C=O) groups is 1. The maximum Gasteiger partial charge on any atom is 0.265 e. The van der Waals surface area contributed by atoms with Crippen LogP contribution in [-0.2, 0) is 16.6 Å². The number of nitrogens with two attached hydrogens (primary N) is 1. The van der Waals surface area contributed by atoms with Crippen molar-refractivity contribution in [2.45, 2.75) is 70.6 Å². The Balaban J connectivity index is 1.47. The highest BCUT2D eigenvalue weighted by Crippen LogP contribution is 2.38. The summed E-state index contributed by atoms with van der Waals surface area (Å²) in [5, 5.41) is 4.77. The molecule has 3 aromatic rings. The highest BCUT2D eigenvalue weighted by atomic mass is 35.5. The summed E-state index contributed by atoms with van der Waals surface area (Å²) in [5.41, 5.74) is 8.08. The number of primary amides is 1. The van der Waals surface area contributed by atoms with Gasteiger partial charge in [0, 0.05) is 38.5 Å². The van der Waals surface area contributed by atoms with Gasteiger partial charge in [0.25, 0.3) is 11.5 Å². The van der Waals surface area contributed by atoms with Crippen molar-refractivity contribution in [3.05, 3.63) is 63.0 Å². The Morgan fingerprint density at radius 1 is 1.16 bits per heavy atom. The summed E-state index contributed by atoms with van der Waals surface area (Å²) in [7, 11) is 3.48. The van der Waals surface area contributed by atoms with Crippen LogP contribution in [0.5, 0.6) is 5.75 Å². The fraction of sp³-hybridized carbons (Fsp3) is 0.500. The number of hydrogen-bond acceptors (Lipinski definition) is 8. The van der Waals surface area contributed by atoms with E-state index in [1.165, 1.54) is 4.57 Å². The molecule has 2 aliphatic rings. The summed E-state index contributed by atoms with van der Waals surface area (Å²) >= 11 is 6.62. The van der Waals surface area contributed by atoms with E-state index in [0.717, 1.165) is 43.4 Å². The first kappa shape index (κ1) is 30.8. The Kier molecular flexibility index (Phi) is 8.99. The number of pyridine rings is 2. The molecule has 11 heteroatoms. The lowest BCUT2D eigenvalue weighted by molar-refractivity contribution is -0.0000324. The predicted molar refractivity (Wildman–Crippen MR) is 168 cm³/mol. The topological polar surface area (TPSA) is 121 Å². The minimum atomic E-state index is -0.808. The van der Waals surface area contributed by atoms with E-state index in [2.05, 4.69) is 22.3 Å². The molecule has 0 spiro atoms. The molecule has 1 aliphatic heterocycles. The molecule has 230 valence electrons. The van der Waals surface area contributed by atoms with Gasteiger partial charge in [-0.05, 0) is 52.0 Å². The normalized spacial score (nSPS) is 21.2. The number of oxime groups is 1. The molecule has 3 heterocycles. The Morgan fingerprint density at radius 2 is 1.86 bits per heavy atom. The zero-order valence-corrected chi connectivity index (χ0v) is 26.2. The van der Waals surface area contributed by atoms with Crippen LogP contribution in [0.2, 0.25) is 5.15 Å². The summed E-state index contributed by atoms with van der Waals surface area (Å²) in [4.78, 5) is 38.7. The van der Waals surface area contributed by atoms with E-state index in [0.29, 0.717) is 35.7 Å². The standard InChI is InChI=1S/C32H40ClN5O5/c1-32(2,3)43-36-26(19-9-7-6-8-10-19)20-11-13-21(14-12-20)37(4)28-25(30(34)39)31(40)38(5)23-17-24(29(33)35-27(23)28)42-22-15-16-41-18-22/h6-10,17,20-22H,11-16,18H2,1-5H3,(H2,34,39)/b36-26+. The van der Waals surface area contributed by atoms with Crippen LogP contribution in [0.15, 0.2) is 46.3 Å². The molecule has 1 saturated carbocycles. The Hall–Kier alpha value is -3.63. The van der Waals surface area contributed by atoms with Crippen molar-refractivity contribution < 1.29 is 19.1 Å². The van der Waals surface area contributed by atoms with Crippen LogP contribution in [0.1, 0.15) is 68.8 Å². The van der Waals surface area contributed by atoms with Gasteiger partial charge in [-0.15, -0.1) is 0 Å². The third-order valence-electron chi connectivity index (χ3n) is 8.16. The van der Waals surface area contributed by atoms with E-state index < -0.39 is 17.1 Å². The monoisotopic (exact) mass is 609 g/mol. The number of carbonyl (C=O) groups excluding carboxylic acids is 1. The quantitative estimate of drug-likeness (QED) is 0.215. The molecule has 2 aromatic heterocycles. The second kappa shape index (κ2) is 12.5. The summed E-state index contributed by atoms with van der Waals surface area (Å²) in [6.07, 6.45) is 3.89. The number of anilines is 1. The molecule has 0 radical (unpaired) electrons. The third-order valence-corrected chi connectivity index (χ3v) is 8.43. The molecule has 1 atom stereocenters. The van der Waals surface area contributed by atoms with Crippen molar-refractivity contribution in [2.24, 2.45) is 23.9 Å². The number of ether oxygens (including phenoxy) is 2. The van der Waals surface area contributed by atoms with Gasteiger partial charge in [0.2, 0.25) is 0 Å². The number of amides is 1. The minimum Gasteiger partial charge on any atom is -0.485 e. The van der Waals surface area contributed by atoms with Gasteiger partial charge in [-0.2, -0.15) is 0 Å². The van der Waals surface area contributed by atoms with Gasteiger partial charge < -0.3 is 29.5 Å². The van der Waals surface area contributed by atoms with Gasteiger partial charge in [-0.25, -0.2) is 4.98 Å². The van der Waals surface area contributed by atoms with E-state index in [1.807, 2.05) is 50.9 Å². The maximum atomic E-state index is 13.5. The van der Waals surface area contributed by atoms with Crippen LogP contribution in [0.25, 0.3) is 11.0 Å². The highest BCUT2D eigenvalue weighted by molar-refractivity contribution is 6.31. The molecule has 2 N–H and O–H groups in total. The predicted octanol–water partition coefficient (Wildman–Crippen LogP) is 5.07. The number of aryl methyl sites for hydroxylation is 1. The lowest BCUT2D eigenvalue weighted by Crippen LogP contribution is -2.40. The summed E-state index contributed by atoms with van der Waals surface area (Å²) in [6.45, 7) is 7.02. The molecule has 0 bridgehead atoms. The van der Waals surface area contributed by atoms with Gasteiger partial charge >= 0.3 is 0 Å². The molecule has 2 fully saturated rings. The van der Waals surface area contributed by atoms with Crippen LogP contribution in [-0.4, -0.2) is 59.2 Å². The smallest absolute Gasteiger partial charge is 0.265 e. The van der Waals surface area contributed by atoms with Crippen LogP contribution in [0.4, 0.5) is 5.69 Å². The molecule has 5 rings (SSSR count). The zero-order chi connectivity index (χ0) is 30.9. The minimum absolute atomic E-state index is 0.0253. The zero-order valence-electron chi connectivity index (χ0n) is 25.4. The lowest BCUT2D eigenvalue weighted by atomic mass is 9.80. The van der Waals surface area contributed by atoms with E-state index in [1.54, 1.807) is 13.1 Å². The molecule has 1 unspecified atom stereocenters. The summed E-state index contributed by atoms with van der Waals surface area (Å²) < 4.78 is 12.9. The average molecular weight is 610 g/mol. The van der Waals surface area contributed by atoms with Crippen molar-refractivity contribution in [1.29, 1.82) is 0 Å². The van der Waals surface area contributed by atoms with Gasteiger partial charge in [-0.1, -0.05) is 47.1 Å². The van der Waals surface area contributed by atoms with Gasteiger partial charge in [-0.3, -0.25) is 9.59 Å². The summed E-state index contributed by atoms with van der Waals surface area (Å²) in [6, 6.07) is 11.8. The van der Waals surface area contributed by atoms with Gasteiger partial charge in [0.15, 0.2) is 10.9 Å². The fourth-order valence-corrected chi connectivity index (χ4v) is 6.08. The number of nitrogens with zero attached hydrogens (tertiary/aromatic N) is 4. The molecular formula is C32H40ClN5O5. The second-order valence-electron chi connectivity index (χ2n) is 12.4. The Bertz CT molecular complexity index is 1570. The number of halogens is 1. The second-order valence-corrected chi connectivity index (χ2v) is 12.7. The molecule has 1 aliphatic carbocycles. The Labute approximate surface area is 256 Å². The number of fused-ring (bicyclic) bond motifs is 1. The molecular weight excluding hydrogens is 570 g/mol. The van der Waals surface area contributed by atoms with Gasteiger partial charge in [0.05, 0.1) is 30.1 Å². The van der Waals surface area contributed by atoms with E-state index in [9.17, 15) is 9.59 Å². The van der Waals surface area contributed by atoms with Crippen LogP contribution < -0.4 is 20.9 Å². The van der Waals surface area contributed by atoms with Crippen LogP contribution >= 0.6 is 11.6 Å². The fourth-order valence-electron chi connectivity index (χ4n) is 5.90. The molecule has 1 amide bonds. The van der Waals surface area contributed by atoms with Gasteiger partial charge in [0.1, 0.15) is 22.8 Å². The highest BCUT2D eigenvalue weighted by Gasteiger charge is 2.33. The number of rotatable bonds is 8. The SMILES string of the molecule is CN(c1c(C(N)=O)c(=O)n(C)c2cc(OC3CCOC3)c(Cl)nc12)C1CCC(/C(=N/OC(C)(C)C)c2ccccc2)CC1. The first-order chi connectivity index (χ1) is 20.4. The first-order valence-electron chi connectivity index (χ1n) is 14.8. The van der Waals surface area contributed by atoms with E-state index in [4.69, 9.17) is 31.6 Å². The number of benzene rings is 1. The third kappa shape index (κ3) is 6.65. The van der Waals surface area contributed by atoms with E-state index >= 15 is 0 Å². The first-order valence-corrected chi connectivity index (χ1v) is 15.1. The molecule has 43 heavy (non-hydrogen) atoms. The van der Waals surface area contributed by atoms with Crippen molar-refractivity contribution in [1.82, 2.24) is 9.55 Å². The maximum absolute atomic E-state index is 13.5. The largest absolute Gasteiger partial charge is 0.485 e. The van der Waals surface area contributed by atoms with Crippen LogP contribution in [0, 0.1) is 5.92 Å².